The van der Waals surface area contributed by atoms with Crippen molar-refractivity contribution in [3.05, 3.63) is 82.1 Å². The van der Waals surface area contributed by atoms with Gasteiger partial charge in [-0.2, -0.15) is 5.10 Å². The van der Waals surface area contributed by atoms with Crippen molar-refractivity contribution in [1.82, 2.24) is 20.2 Å². The van der Waals surface area contributed by atoms with Gasteiger partial charge >= 0.3 is 0 Å². The molecule has 0 saturated carbocycles. The Labute approximate surface area is 207 Å². The number of nitrogens with zero attached hydrogens (tertiary/aromatic N) is 4. The predicted molar refractivity (Wildman–Crippen MR) is 136 cm³/mol. The Morgan fingerprint density at radius 3 is 2.70 bits per heavy atom. The maximum atomic E-state index is 12.5. The van der Waals surface area contributed by atoms with Crippen LogP contribution < -0.4 is 10.7 Å². The van der Waals surface area contributed by atoms with Crippen molar-refractivity contribution in [3.8, 4) is 0 Å². The first-order valence-corrected chi connectivity index (χ1v) is 11.8. The molecule has 2 N–H and O–H groups in total. The predicted octanol–water partition coefficient (Wildman–Crippen LogP) is 5.32. The van der Waals surface area contributed by atoms with Gasteiger partial charge in [-0.1, -0.05) is 64.8 Å². The van der Waals surface area contributed by atoms with Crippen molar-refractivity contribution >= 4 is 52.8 Å². The van der Waals surface area contributed by atoms with Gasteiger partial charge in [-0.25, -0.2) is 5.43 Å². The Hall–Kier alpha value is -2.81. The molecule has 0 spiro atoms. The van der Waals surface area contributed by atoms with E-state index in [1.54, 1.807) is 31.2 Å². The van der Waals surface area contributed by atoms with Gasteiger partial charge in [0.05, 0.1) is 23.0 Å². The third-order valence-corrected chi connectivity index (χ3v) is 6.24. The monoisotopic (exact) mass is 502 g/mol. The molecule has 172 valence electrons. The molecular formula is C23H24Cl2N6OS. The quantitative estimate of drug-likeness (QED) is 0.169. The van der Waals surface area contributed by atoms with Gasteiger partial charge in [-0.3, -0.25) is 4.79 Å². The number of halogens is 2. The van der Waals surface area contributed by atoms with E-state index >= 15 is 0 Å². The molecule has 1 amide bonds. The molecule has 0 bridgehead atoms. The zero-order valence-electron chi connectivity index (χ0n) is 18.3. The Morgan fingerprint density at radius 2 is 2.00 bits per heavy atom. The molecule has 1 aromatic heterocycles. The number of anilines is 1. The second-order valence-corrected chi connectivity index (χ2v) is 9.33. The van der Waals surface area contributed by atoms with Crippen molar-refractivity contribution in [2.45, 2.75) is 37.3 Å². The molecular weight excluding hydrogens is 479 g/mol. The molecule has 0 aliphatic rings. The van der Waals surface area contributed by atoms with Gasteiger partial charge in [0, 0.05) is 22.8 Å². The van der Waals surface area contributed by atoms with E-state index in [2.05, 4.69) is 32.6 Å². The molecule has 0 aliphatic carbocycles. The lowest BCUT2D eigenvalue weighted by molar-refractivity contribution is -0.120. The summed E-state index contributed by atoms with van der Waals surface area (Å²) in [4.78, 5) is 12.5. The van der Waals surface area contributed by atoms with E-state index in [1.807, 2.05) is 35.8 Å². The van der Waals surface area contributed by atoms with E-state index < -0.39 is 5.25 Å². The highest BCUT2D eigenvalue weighted by atomic mass is 35.5. The minimum atomic E-state index is -0.450. The Morgan fingerprint density at radius 1 is 1.24 bits per heavy atom. The van der Waals surface area contributed by atoms with Gasteiger partial charge in [0.2, 0.25) is 0 Å². The van der Waals surface area contributed by atoms with E-state index in [1.165, 1.54) is 23.5 Å². The molecule has 0 fully saturated rings. The highest BCUT2D eigenvalue weighted by Crippen LogP contribution is 2.23. The van der Waals surface area contributed by atoms with Gasteiger partial charge in [0.1, 0.15) is 0 Å². The second kappa shape index (κ2) is 11.9. The van der Waals surface area contributed by atoms with E-state index in [-0.39, 0.29) is 5.91 Å². The maximum Gasteiger partial charge on any atom is 0.253 e. The normalized spacial score (nSPS) is 12.0. The topological polar surface area (TPSA) is 84.2 Å². The largest absolute Gasteiger partial charge is 0.378 e. The number of aryl methyl sites for hydroxylation is 1. The highest BCUT2D eigenvalue weighted by molar-refractivity contribution is 8.00. The lowest BCUT2D eigenvalue weighted by Gasteiger charge is -2.12. The van der Waals surface area contributed by atoms with Crippen LogP contribution >= 0.6 is 35.0 Å². The molecule has 33 heavy (non-hydrogen) atoms. The van der Waals surface area contributed by atoms with Crippen molar-refractivity contribution in [2.24, 2.45) is 5.10 Å². The van der Waals surface area contributed by atoms with Crippen molar-refractivity contribution in [3.63, 3.8) is 0 Å². The Balaban J connectivity index is 1.61. The lowest BCUT2D eigenvalue weighted by Crippen LogP contribution is -2.27. The van der Waals surface area contributed by atoms with Crippen LogP contribution in [0.25, 0.3) is 0 Å². The number of rotatable bonds is 10. The van der Waals surface area contributed by atoms with Gasteiger partial charge in [0.25, 0.3) is 5.91 Å². The molecule has 7 nitrogen and oxygen atoms in total. The summed E-state index contributed by atoms with van der Waals surface area (Å²) < 4.78 is 1.93. The molecule has 1 atom stereocenters. The number of thioether (sulfide) groups is 1. The minimum absolute atomic E-state index is 0.270. The van der Waals surface area contributed by atoms with Crippen LogP contribution in [-0.2, 0) is 17.9 Å². The van der Waals surface area contributed by atoms with E-state index in [9.17, 15) is 4.79 Å². The zero-order chi connectivity index (χ0) is 23.8. The van der Waals surface area contributed by atoms with Crippen LogP contribution in [0.3, 0.4) is 0 Å². The number of hydrazone groups is 1. The van der Waals surface area contributed by atoms with E-state index in [0.29, 0.717) is 33.9 Å². The van der Waals surface area contributed by atoms with Crippen molar-refractivity contribution < 1.29 is 4.79 Å². The van der Waals surface area contributed by atoms with Crippen LogP contribution in [0.4, 0.5) is 5.69 Å². The number of carbonyl (C=O) groups excluding carboxylic acids is 1. The first-order valence-electron chi connectivity index (χ1n) is 10.2. The van der Waals surface area contributed by atoms with Gasteiger partial charge in [-0.15, -0.1) is 16.8 Å². The van der Waals surface area contributed by atoms with Crippen LogP contribution in [0.1, 0.15) is 23.9 Å². The molecule has 0 saturated heterocycles. The summed E-state index contributed by atoms with van der Waals surface area (Å²) in [6, 6.07) is 13.2. The zero-order valence-corrected chi connectivity index (χ0v) is 20.6. The Bertz CT molecular complexity index is 1150. The van der Waals surface area contributed by atoms with Gasteiger partial charge in [0.15, 0.2) is 11.0 Å². The molecule has 0 aliphatic heterocycles. The summed E-state index contributed by atoms with van der Waals surface area (Å²) in [5.74, 6) is 0.481. The third-order valence-electron chi connectivity index (χ3n) is 4.60. The number of allylic oxidation sites excluding steroid dienone is 1. The number of amides is 1. The molecule has 2 aromatic carbocycles. The number of aromatic nitrogens is 3. The highest BCUT2D eigenvalue weighted by Gasteiger charge is 2.19. The fraction of sp³-hybridized carbons (Fsp3) is 0.217. The van der Waals surface area contributed by atoms with Crippen LogP contribution in [-0.4, -0.2) is 32.1 Å². The van der Waals surface area contributed by atoms with Gasteiger partial charge < -0.3 is 9.88 Å². The lowest BCUT2D eigenvalue weighted by atomic mass is 10.2. The maximum absolute atomic E-state index is 12.5. The Kier molecular flexibility index (Phi) is 8.94. The second-order valence-electron chi connectivity index (χ2n) is 7.18. The molecule has 10 heteroatoms. The fourth-order valence-corrected chi connectivity index (χ4v) is 4.10. The number of benzene rings is 2. The summed E-state index contributed by atoms with van der Waals surface area (Å²) in [5.41, 5.74) is 5.37. The molecule has 0 unspecified atom stereocenters. The molecule has 0 radical (unpaired) electrons. The van der Waals surface area contributed by atoms with Crippen molar-refractivity contribution in [1.29, 1.82) is 0 Å². The summed E-state index contributed by atoms with van der Waals surface area (Å²) in [6.07, 6.45) is 3.25. The standard InChI is InChI=1S/C23H24Cl2N6OS/c1-4-11-31-21(14-26-19-9-5-15(2)6-10-19)28-30-23(31)33-16(3)22(32)29-27-13-17-7-8-18(24)12-20(17)25/h4-10,12-13,16,26H,1,11,14H2,2-3H3,(H,29,32)/b27-13-/t16-/m1/s1. The van der Waals surface area contributed by atoms with Crippen molar-refractivity contribution in [2.75, 3.05) is 5.32 Å². The summed E-state index contributed by atoms with van der Waals surface area (Å²) in [6.45, 7) is 8.67. The average molecular weight is 503 g/mol. The number of hydrogen-bond acceptors (Lipinski definition) is 6. The summed E-state index contributed by atoms with van der Waals surface area (Å²) >= 11 is 13.3. The summed E-state index contributed by atoms with van der Waals surface area (Å²) in [5, 5.41) is 17.1. The summed E-state index contributed by atoms with van der Waals surface area (Å²) in [7, 11) is 0. The van der Waals surface area contributed by atoms with E-state index in [4.69, 9.17) is 23.2 Å². The van der Waals surface area contributed by atoms with Crippen LogP contribution in [0.15, 0.2) is 65.4 Å². The first-order chi connectivity index (χ1) is 15.9. The smallest absolute Gasteiger partial charge is 0.253 e. The average Bonchev–Trinajstić information content (AvgIpc) is 3.16. The van der Waals surface area contributed by atoms with Crippen LogP contribution in [0.2, 0.25) is 10.0 Å². The molecule has 1 heterocycles. The first kappa shape index (κ1) is 24.8. The number of nitrogens with one attached hydrogen (secondary N) is 2. The minimum Gasteiger partial charge on any atom is -0.378 e. The number of carbonyl (C=O) groups is 1. The number of hydrogen-bond donors (Lipinski definition) is 2. The van der Waals surface area contributed by atoms with E-state index in [0.717, 1.165) is 11.5 Å². The molecule has 3 rings (SSSR count). The van der Waals surface area contributed by atoms with Gasteiger partial charge in [-0.05, 0) is 38.1 Å². The SMILES string of the molecule is C=CCn1c(CNc2ccc(C)cc2)nnc1S[C@H](C)C(=O)N/N=C\c1ccc(Cl)cc1Cl. The third kappa shape index (κ3) is 7.08. The van der Waals surface area contributed by atoms with Crippen LogP contribution in [0, 0.1) is 6.92 Å². The fourth-order valence-electron chi connectivity index (χ4n) is 2.78. The van der Waals surface area contributed by atoms with Crippen LogP contribution in [0.5, 0.6) is 0 Å². The molecule has 3 aromatic rings.